The van der Waals surface area contributed by atoms with Crippen LogP contribution in [0.2, 0.25) is 0 Å². The molecule has 0 heterocycles. The fraction of sp³-hybridized carbons (Fsp3) is 0.158. The van der Waals surface area contributed by atoms with Crippen molar-refractivity contribution < 1.29 is 46.1 Å². The zero-order chi connectivity index (χ0) is 34.9. The maximum Gasteiger partial charge on any atom is 0.427 e. The summed E-state index contributed by atoms with van der Waals surface area (Å²) in [6.07, 6.45) is -5.63. The van der Waals surface area contributed by atoms with Crippen LogP contribution in [0.4, 0.5) is 17.6 Å². The SMILES string of the molecule is C=CC(=O)OCc1ccc(C(F)(F)Oc2ccc(OC(F)(F)c3ccc(COC(=O)C=C)c4ccccc34)cc2)c2ccccc12.CC. The predicted molar refractivity (Wildman–Crippen MR) is 175 cm³/mol. The highest BCUT2D eigenvalue weighted by molar-refractivity contribution is 5.90. The molecule has 0 saturated carbocycles. The van der Waals surface area contributed by atoms with Crippen molar-refractivity contribution in [2.75, 3.05) is 0 Å². The van der Waals surface area contributed by atoms with Crippen LogP contribution in [0, 0.1) is 0 Å². The zero-order valence-corrected chi connectivity index (χ0v) is 26.2. The van der Waals surface area contributed by atoms with E-state index in [4.69, 9.17) is 18.9 Å². The number of fused-ring (bicyclic) bond motifs is 2. The lowest BCUT2D eigenvalue weighted by Crippen LogP contribution is -2.23. The van der Waals surface area contributed by atoms with E-state index in [9.17, 15) is 9.59 Å². The van der Waals surface area contributed by atoms with E-state index in [-0.39, 0.29) is 35.5 Å². The Kier molecular flexibility index (Phi) is 11.2. The summed E-state index contributed by atoms with van der Waals surface area (Å²) in [6.45, 7) is 10.4. The molecule has 0 spiro atoms. The Bertz CT molecular complexity index is 1800. The normalized spacial score (nSPS) is 11.2. The number of alkyl halides is 4. The molecule has 0 N–H and O–H groups in total. The van der Waals surface area contributed by atoms with E-state index in [0.29, 0.717) is 21.9 Å². The highest BCUT2D eigenvalue weighted by Gasteiger charge is 2.38. The molecule has 5 aromatic rings. The van der Waals surface area contributed by atoms with Crippen LogP contribution >= 0.6 is 0 Å². The van der Waals surface area contributed by atoms with Gasteiger partial charge < -0.3 is 18.9 Å². The van der Waals surface area contributed by atoms with E-state index in [0.717, 1.165) is 36.4 Å². The van der Waals surface area contributed by atoms with Gasteiger partial charge in [0.05, 0.1) is 11.1 Å². The molecule has 10 heteroatoms. The first kappa shape index (κ1) is 35.2. The van der Waals surface area contributed by atoms with Crippen molar-refractivity contribution in [3.05, 3.63) is 145 Å². The fourth-order valence-electron chi connectivity index (χ4n) is 4.88. The molecular weight excluding hydrogens is 628 g/mol. The third-order valence-corrected chi connectivity index (χ3v) is 7.04. The van der Waals surface area contributed by atoms with Crippen LogP contribution in [0.25, 0.3) is 21.5 Å². The van der Waals surface area contributed by atoms with Crippen LogP contribution in [0.1, 0.15) is 36.1 Å². The van der Waals surface area contributed by atoms with Crippen molar-refractivity contribution in [2.45, 2.75) is 39.3 Å². The predicted octanol–water partition coefficient (Wildman–Crippen LogP) is 9.73. The van der Waals surface area contributed by atoms with E-state index in [1.807, 2.05) is 13.8 Å². The lowest BCUT2D eigenvalue weighted by atomic mass is 9.99. The first-order valence-electron chi connectivity index (χ1n) is 14.9. The largest absolute Gasteiger partial charge is 0.458 e. The van der Waals surface area contributed by atoms with Crippen molar-refractivity contribution >= 4 is 33.5 Å². The van der Waals surface area contributed by atoms with Crippen molar-refractivity contribution in [2.24, 2.45) is 0 Å². The number of benzene rings is 5. The van der Waals surface area contributed by atoms with E-state index in [1.165, 1.54) is 36.4 Å². The summed E-state index contributed by atoms with van der Waals surface area (Å²) in [6, 6.07) is 22.3. The monoisotopic (exact) mass is 660 g/mol. The number of rotatable bonds is 12. The molecular formula is C38H32F4O6. The van der Waals surface area contributed by atoms with Crippen LogP contribution in [0.15, 0.2) is 122 Å². The molecule has 0 aromatic heterocycles. The van der Waals surface area contributed by atoms with Gasteiger partial charge in [0.15, 0.2) is 0 Å². The third kappa shape index (κ3) is 8.01. The summed E-state index contributed by atoms with van der Waals surface area (Å²) in [5, 5.41) is 1.22. The standard InChI is InChI=1S/C36H26F4O6.C2H6/c1-3-33(41)43-21-23-13-19-31(29-11-7-5-9-27(23)29)35(37,38)45-25-15-17-26(18-16-25)46-36(39,40)32-20-14-24(22-44-34(42)4-2)28-10-6-8-12-30(28)32;1-2/h3-20H,1-2,21-22H2;1-2H3. The van der Waals surface area contributed by atoms with Gasteiger partial charge in [-0.05, 0) is 69.1 Å². The summed E-state index contributed by atoms with van der Waals surface area (Å²) in [5.74, 6) is -1.89. The molecule has 0 atom stereocenters. The second-order valence-electron chi connectivity index (χ2n) is 9.97. The maximum absolute atomic E-state index is 15.5. The first-order valence-corrected chi connectivity index (χ1v) is 14.9. The molecule has 5 aromatic carbocycles. The minimum absolute atomic E-state index is 0.144. The van der Waals surface area contributed by atoms with E-state index in [1.54, 1.807) is 36.4 Å². The molecule has 0 fully saturated rings. The number of esters is 2. The Morgan fingerprint density at radius 1 is 0.562 bits per heavy atom. The zero-order valence-electron chi connectivity index (χ0n) is 26.2. The van der Waals surface area contributed by atoms with Gasteiger partial charge in [0.2, 0.25) is 0 Å². The third-order valence-electron chi connectivity index (χ3n) is 7.04. The molecule has 48 heavy (non-hydrogen) atoms. The van der Waals surface area contributed by atoms with Crippen molar-refractivity contribution in [3.8, 4) is 11.5 Å². The Morgan fingerprint density at radius 3 is 1.23 bits per heavy atom. The minimum atomic E-state index is -3.82. The summed E-state index contributed by atoms with van der Waals surface area (Å²) >= 11 is 0. The summed E-state index contributed by atoms with van der Waals surface area (Å²) in [5.41, 5.74) is 0.129. The lowest BCUT2D eigenvalue weighted by Gasteiger charge is -2.22. The molecule has 0 aliphatic heterocycles. The van der Waals surface area contributed by atoms with Gasteiger partial charge in [-0.1, -0.05) is 87.7 Å². The first-order chi connectivity index (χ1) is 23.0. The Hall–Kier alpha value is -5.64. The number of halogens is 4. The number of carbonyl (C=O) groups excluding carboxylic acids is 2. The van der Waals surface area contributed by atoms with Gasteiger partial charge >= 0.3 is 24.2 Å². The average molecular weight is 661 g/mol. The molecule has 248 valence electrons. The quantitative estimate of drug-likeness (QED) is 0.0754. The fourth-order valence-corrected chi connectivity index (χ4v) is 4.88. The highest BCUT2D eigenvalue weighted by Crippen LogP contribution is 2.40. The molecule has 0 amide bonds. The molecule has 6 nitrogen and oxygen atoms in total. The number of hydrogen-bond acceptors (Lipinski definition) is 6. The van der Waals surface area contributed by atoms with Gasteiger partial charge in [0.1, 0.15) is 24.7 Å². The van der Waals surface area contributed by atoms with E-state index in [2.05, 4.69) is 13.2 Å². The van der Waals surface area contributed by atoms with Crippen molar-refractivity contribution in [1.82, 2.24) is 0 Å². The molecule has 0 aliphatic carbocycles. The van der Waals surface area contributed by atoms with E-state index >= 15 is 17.6 Å². The second kappa shape index (κ2) is 15.3. The van der Waals surface area contributed by atoms with Gasteiger partial charge in [0, 0.05) is 12.2 Å². The smallest absolute Gasteiger partial charge is 0.427 e. The van der Waals surface area contributed by atoms with Crippen LogP contribution in [0.3, 0.4) is 0 Å². The lowest BCUT2D eigenvalue weighted by molar-refractivity contribution is -0.186. The van der Waals surface area contributed by atoms with Gasteiger partial charge in [0.25, 0.3) is 0 Å². The molecule has 5 rings (SSSR count). The number of carbonyl (C=O) groups is 2. The molecule has 0 radical (unpaired) electrons. The van der Waals surface area contributed by atoms with Gasteiger partial charge in [-0.3, -0.25) is 0 Å². The molecule has 0 saturated heterocycles. The van der Waals surface area contributed by atoms with Gasteiger partial charge in [-0.15, -0.1) is 0 Å². The average Bonchev–Trinajstić information content (AvgIpc) is 3.10. The Labute approximate surface area is 274 Å². The maximum atomic E-state index is 15.5. The number of hydrogen-bond donors (Lipinski definition) is 0. The summed E-state index contributed by atoms with van der Waals surface area (Å²) < 4.78 is 82.0. The van der Waals surface area contributed by atoms with Gasteiger partial charge in [-0.25, -0.2) is 9.59 Å². The molecule has 0 unspecified atom stereocenters. The van der Waals surface area contributed by atoms with Crippen LogP contribution in [-0.2, 0) is 44.5 Å². The topological polar surface area (TPSA) is 71.1 Å². The van der Waals surface area contributed by atoms with Gasteiger partial charge in [-0.2, -0.15) is 17.6 Å². The minimum Gasteiger partial charge on any atom is -0.458 e. The summed E-state index contributed by atoms with van der Waals surface area (Å²) in [4.78, 5) is 23.0. The van der Waals surface area contributed by atoms with E-state index < -0.39 is 35.3 Å². The summed E-state index contributed by atoms with van der Waals surface area (Å²) in [7, 11) is 0. The number of ether oxygens (including phenoxy) is 4. The highest BCUT2D eigenvalue weighted by atomic mass is 19.3. The van der Waals surface area contributed by atoms with Crippen molar-refractivity contribution in [3.63, 3.8) is 0 Å². The Balaban J connectivity index is 0.00000255. The Morgan fingerprint density at radius 2 is 0.896 bits per heavy atom. The van der Waals surface area contributed by atoms with Crippen molar-refractivity contribution in [1.29, 1.82) is 0 Å². The second-order valence-corrected chi connectivity index (χ2v) is 9.97. The van der Waals surface area contributed by atoms with Crippen LogP contribution < -0.4 is 9.47 Å². The molecule has 0 aliphatic rings. The molecule has 0 bridgehead atoms. The van der Waals surface area contributed by atoms with Crippen LogP contribution in [-0.4, -0.2) is 11.9 Å². The van der Waals surface area contributed by atoms with Crippen LogP contribution in [0.5, 0.6) is 11.5 Å².